The lowest BCUT2D eigenvalue weighted by atomic mass is 9.87. The second-order valence-corrected chi connectivity index (χ2v) is 5.28. The summed E-state index contributed by atoms with van der Waals surface area (Å²) in [6, 6.07) is 10.1. The Balaban J connectivity index is 2.38. The van der Waals surface area contributed by atoms with E-state index in [0.717, 1.165) is 10.5 Å². The van der Waals surface area contributed by atoms with E-state index < -0.39 is 0 Å². The summed E-state index contributed by atoms with van der Waals surface area (Å²) in [6.07, 6.45) is 2.31. The summed E-state index contributed by atoms with van der Waals surface area (Å²) in [5.74, 6) is -0.287. The highest BCUT2D eigenvalue weighted by atomic mass is 32.2. The third kappa shape index (κ3) is 2.55. The maximum atomic E-state index is 11.5. The van der Waals surface area contributed by atoms with Gasteiger partial charge in [0.15, 0.2) is 0 Å². The molecule has 0 aromatic heterocycles. The van der Waals surface area contributed by atoms with Gasteiger partial charge in [0.2, 0.25) is 5.91 Å². The van der Waals surface area contributed by atoms with Crippen LogP contribution in [-0.2, 0) is 4.79 Å². The highest BCUT2D eigenvalue weighted by Gasteiger charge is 2.27. The number of nitrogens with zero attached hydrogens (tertiary/aromatic N) is 1. The number of thiol groups is 1. The van der Waals surface area contributed by atoms with Crippen molar-refractivity contribution in [3.05, 3.63) is 40.4 Å². The summed E-state index contributed by atoms with van der Waals surface area (Å²) < 4.78 is 0. The molecule has 1 atom stereocenters. The molecule has 18 heavy (non-hydrogen) atoms. The average molecular weight is 276 g/mol. The molecule has 0 saturated heterocycles. The van der Waals surface area contributed by atoms with Gasteiger partial charge in [-0.25, -0.2) is 0 Å². The Bertz CT molecular complexity index is 543. The first-order chi connectivity index (χ1) is 8.65. The molecule has 0 saturated carbocycles. The second kappa shape index (κ2) is 5.51. The van der Waals surface area contributed by atoms with Crippen molar-refractivity contribution in [2.75, 3.05) is 6.26 Å². The minimum absolute atomic E-state index is 0.0991. The monoisotopic (exact) mass is 276 g/mol. The largest absolute Gasteiger partial charge is 0.320 e. The smallest absolute Gasteiger partial charge is 0.225 e. The van der Waals surface area contributed by atoms with E-state index in [-0.39, 0.29) is 11.8 Å². The molecule has 1 aromatic rings. The van der Waals surface area contributed by atoms with E-state index in [1.165, 1.54) is 0 Å². The average Bonchev–Trinajstić information content (AvgIpc) is 2.38. The minimum Gasteiger partial charge on any atom is -0.320 e. The molecule has 1 N–H and O–H groups in total. The Morgan fingerprint density at radius 3 is 2.67 bits per heavy atom. The molecule has 5 heteroatoms. The number of amides is 1. The number of benzene rings is 1. The Morgan fingerprint density at radius 2 is 2.11 bits per heavy atom. The molecule has 0 fully saturated rings. The fourth-order valence-electron chi connectivity index (χ4n) is 1.95. The Hall–Kier alpha value is -1.38. The maximum Gasteiger partial charge on any atom is 0.225 e. The van der Waals surface area contributed by atoms with Crippen molar-refractivity contribution in [1.29, 1.82) is 5.26 Å². The Morgan fingerprint density at radius 1 is 1.44 bits per heavy atom. The lowest BCUT2D eigenvalue weighted by Crippen LogP contribution is -2.29. The van der Waals surface area contributed by atoms with Gasteiger partial charge < -0.3 is 5.32 Å². The van der Waals surface area contributed by atoms with Gasteiger partial charge in [-0.2, -0.15) is 5.26 Å². The predicted molar refractivity (Wildman–Crippen MR) is 75.3 cm³/mol. The van der Waals surface area contributed by atoms with Crippen molar-refractivity contribution in [1.82, 2.24) is 5.32 Å². The molecule has 1 heterocycles. The molecular weight excluding hydrogens is 264 g/mol. The molecule has 1 amide bonds. The summed E-state index contributed by atoms with van der Waals surface area (Å²) in [7, 11) is 0. The SMILES string of the molecule is CSc1ccc(C2CC(=O)NC(S)=C2C#N)cc1. The van der Waals surface area contributed by atoms with E-state index in [4.69, 9.17) is 5.26 Å². The number of rotatable bonds is 2. The number of hydrogen-bond donors (Lipinski definition) is 2. The van der Waals surface area contributed by atoms with E-state index in [0.29, 0.717) is 17.0 Å². The number of nitriles is 1. The predicted octanol–water partition coefficient (Wildman–Crippen LogP) is 2.68. The molecule has 1 aromatic carbocycles. The molecule has 0 aliphatic carbocycles. The van der Waals surface area contributed by atoms with Gasteiger partial charge in [0, 0.05) is 17.2 Å². The summed E-state index contributed by atoms with van der Waals surface area (Å²) in [6.45, 7) is 0. The zero-order valence-corrected chi connectivity index (χ0v) is 11.5. The van der Waals surface area contributed by atoms with Crippen LogP contribution < -0.4 is 5.32 Å². The normalized spacial score (nSPS) is 19.4. The number of thioether (sulfide) groups is 1. The fraction of sp³-hybridized carbons (Fsp3) is 0.231. The standard InChI is InChI=1S/C13H12N2OS2/c1-18-9-4-2-8(3-5-9)10-6-12(16)15-13(17)11(10)7-14/h2-5,10,17H,6H2,1H3,(H,15,16). The molecule has 0 bridgehead atoms. The van der Waals surface area contributed by atoms with E-state index in [2.05, 4.69) is 24.0 Å². The third-order valence-electron chi connectivity index (χ3n) is 2.89. The third-order valence-corrected chi connectivity index (χ3v) is 3.99. The van der Waals surface area contributed by atoms with Crippen molar-refractivity contribution in [2.24, 2.45) is 0 Å². The van der Waals surface area contributed by atoms with Gasteiger partial charge >= 0.3 is 0 Å². The van der Waals surface area contributed by atoms with E-state index in [1.807, 2.05) is 30.5 Å². The molecule has 92 valence electrons. The molecule has 1 aliphatic heterocycles. The van der Waals surface area contributed by atoms with E-state index in [9.17, 15) is 4.79 Å². The minimum atomic E-state index is -0.188. The van der Waals surface area contributed by atoms with Crippen LogP contribution in [0.2, 0.25) is 0 Å². The van der Waals surface area contributed by atoms with Crippen LogP contribution >= 0.6 is 24.4 Å². The topological polar surface area (TPSA) is 52.9 Å². The molecule has 1 aliphatic rings. The number of hydrogen-bond acceptors (Lipinski definition) is 4. The van der Waals surface area contributed by atoms with E-state index >= 15 is 0 Å². The molecule has 0 spiro atoms. The zero-order valence-electron chi connectivity index (χ0n) is 9.80. The first-order valence-corrected chi connectivity index (χ1v) is 7.10. The van der Waals surface area contributed by atoms with Crippen LogP contribution in [0, 0.1) is 11.3 Å². The molecular formula is C13H12N2OS2. The lowest BCUT2D eigenvalue weighted by molar-refractivity contribution is -0.120. The first-order valence-electron chi connectivity index (χ1n) is 5.42. The van der Waals surface area contributed by atoms with Crippen LogP contribution in [0.25, 0.3) is 0 Å². The van der Waals surface area contributed by atoms with Gasteiger partial charge in [-0.3, -0.25) is 4.79 Å². The summed E-state index contributed by atoms with van der Waals surface area (Å²) in [4.78, 5) is 12.7. The quantitative estimate of drug-likeness (QED) is 0.645. The van der Waals surface area contributed by atoms with Crippen molar-refractivity contribution in [3.63, 3.8) is 0 Å². The van der Waals surface area contributed by atoms with Crippen LogP contribution in [-0.4, -0.2) is 12.2 Å². The number of allylic oxidation sites excluding steroid dienone is 1. The van der Waals surface area contributed by atoms with E-state index in [1.54, 1.807) is 11.8 Å². The van der Waals surface area contributed by atoms with Gasteiger partial charge in [-0.15, -0.1) is 24.4 Å². The molecule has 3 nitrogen and oxygen atoms in total. The van der Waals surface area contributed by atoms with Gasteiger partial charge in [-0.05, 0) is 24.0 Å². The van der Waals surface area contributed by atoms with Crippen molar-refractivity contribution < 1.29 is 4.79 Å². The zero-order chi connectivity index (χ0) is 13.1. The fourth-order valence-corrected chi connectivity index (χ4v) is 2.69. The highest BCUT2D eigenvalue weighted by molar-refractivity contribution is 7.98. The van der Waals surface area contributed by atoms with Crippen LogP contribution in [0.15, 0.2) is 39.8 Å². The van der Waals surface area contributed by atoms with Crippen LogP contribution in [0.4, 0.5) is 0 Å². The maximum absolute atomic E-state index is 11.5. The number of nitrogens with one attached hydrogen (secondary N) is 1. The molecule has 1 unspecified atom stereocenters. The van der Waals surface area contributed by atoms with Gasteiger partial charge in [-0.1, -0.05) is 12.1 Å². The molecule has 0 radical (unpaired) electrons. The van der Waals surface area contributed by atoms with Gasteiger partial charge in [0.05, 0.1) is 16.7 Å². The summed E-state index contributed by atoms with van der Waals surface area (Å²) >= 11 is 5.83. The highest BCUT2D eigenvalue weighted by Crippen LogP contribution is 2.33. The van der Waals surface area contributed by atoms with Crippen LogP contribution in [0.5, 0.6) is 0 Å². The first kappa shape index (κ1) is 13.1. The van der Waals surface area contributed by atoms with Crippen molar-refractivity contribution in [3.8, 4) is 6.07 Å². The van der Waals surface area contributed by atoms with Crippen molar-refractivity contribution >= 4 is 30.3 Å². The Labute approximate surface area is 116 Å². The number of carbonyl (C=O) groups is 1. The van der Waals surface area contributed by atoms with Crippen LogP contribution in [0.3, 0.4) is 0 Å². The lowest BCUT2D eigenvalue weighted by Gasteiger charge is -2.23. The number of carbonyl (C=O) groups excluding carboxylic acids is 1. The summed E-state index contributed by atoms with van der Waals surface area (Å²) in [5.41, 5.74) is 1.50. The second-order valence-electron chi connectivity index (χ2n) is 3.95. The summed E-state index contributed by atoms with van der Waals surface area (Å²) in [5, 5.41) is 12.1. The molecule has 2 rings (SSSR count). The van der Waals surface area contributed by atoms with Gasteiger partial charge in [0.1, 0.15) is 0 Å². The van der Waals surface area contributed by atoms with Crippen LogP contribution in [0.1, 0.15) is 17.9 Å². The Kier molecular flexibility index (Phi) is 4.00. The van der Waals surface area contributed by atoms with Crippen molar-refractivity contribution in [2.45, 2.75) is 17.2 Å². The van der Waals surface area contributed by atoms with Gasteiger partial charge in [0.25, 0.3) is 0 Å².